The predicted molar refractivity (Wildman–Crippen MR) is 76.4 cm³/mol. The first-order valence-electron chi connectivity index (χ1n) is 6.31. The zero-order valence-corrected chi connectivity index (χ0v) is 11.5. The summed E-state index contributed by atoms with van der Waals surface area (Å²) < 4.78 is 1.31. The number of aryl methyl sites for hydroxylation is 2. The molecule has 7 nitrogen and oxygen atoms in total. The number of hydrogen-bond acceptors (Lipinski definition) is 4. The van der Waals surface area contributed by atoms with Gasteiger partial charge < -0.3 is 4.98 Å². The van der Waals surface area contributed by atoms with Crippen molar-refractivity contribution in [1.82, 2.24) is 14.8 Å². The highest BCUT2D eigenvalue weighted by atomic mass is 16.6. The Bertz CT molecular complexity index is 876. The average Bonchev–Trinajstić information content (AvgIpc) is 2.99. The van der Waals surface area contributed by atoms with Gasteiger partial charge in [0.05, 0.1) is 10.6 Å². The number of fused-ring (bicyclic) bond motifs is 1. The summed E-state index contributed by atoms with van der Waals surface area (Å²) in [6.07, 6.45) is 0. The number of hydrogen-bond donors (Lipinski definition) is 1. The molecule has 1 N–H and O–H groups in total. The number of benzene rings is 1. The summed E-state index contributed by atoms with van der Waals surface area (Å²) in [7, 11) is 0. The van der Waals surface area contributed by atoms with Crippen LogP contribution in [-0.4, -0.2) is 25.6 Å². The van der Waals surface area contributed by atoms with Crippen LogP contribution in [-0.2, 0) is 0 Å². The van der Waals surface area contributed by atoms with Gasteiger partial charge in [-0.3, -0.25) is 14.9 Å². The molecule has 0 atom stereocenters. The van der Waals surface area contributed by atoms with Gasteiger partial charge in [0.1, 0.15) is 5.69 Å². The third-order valence-corrected chi connectivity index (χ3v) is 3.25. The monoisotopic (exact) mass is 284 g/mol. The molecule has 3 aromatic rings. The van der Waals surface area contributed by atoms with Crippen molar-refractivity contribution in [3.05, 3.63) is 57.5 Å². The maximum Gasteiger partial charge on any atom is 0.294 e. The van der Waals surface area contributed by atoms with Gasteiger partial charge in [0.2, 0.25) is 0 Å². The van der Waals surface area contributed by atoms with Crippen LogP contribution in [0.1, 0.15) is 21.9 Å². The Morgan fingerprint density at radius 3 is 2.67 bits per heavy atom. The standard InChI is InChI=1S/C14H12N4O3/c1-8-5-9(2)17(16-8)14(19)13-7-10-6-11(18(20)21)3-4-12(10)15-13/h3-7,15H,1-2H3. The molecule has 1 aromatic carbocycles. The highest BCUT2D eigenvalue weighted by Gasteiger charge is 2.16. The summed E-state index contributed by atoms with van der Waals surface area (Å²) in [5, 5.41) is 15.5. The summed E-state index contributed by atoms with van der Waals surface area (Å²) in [6, 6.07) is 7.83. The van der Waals surface area contributed by atoms with E-state index in [1.54, 1.807) is 19.1 Å². The van der Waals surface area contributed by atoms with Crippen LogP contribution in [0.25, 0.3) is 10.9 Å². The van der Waals surface area contributed by atoms with E-state index in [1.807, 2.05) is 13.0 Å². The van der Waals surface area contributed by atoms with Crippen molar-refractivity contribution in [2.24, 2.45) is 0 Å². The zero-order chi connectivity index (χ0) is 15.1. The third kappa shape index (κ3) is 2.18. The number of carbonyl (C=O) groups excluding carboxylic acids is 1. The second kappa shape index (κ2) is 4.55. The van der Waals surface area contributed by atoms with Crippen molar-refractivity contribution in [3.8, 4) is 0 Å². The molecule has 2 heterocycles. The second-order valence-electron chi connectivity index (χ2n) is 4.86. The summed E-state index contributed by atoms with van der Waals surface area (Å²) in [4.78, 5) is 25.7. The van der Waals surface area contributed by atoms with Crippen molar-refractivity contribution >= 4 is 22.5 Å². The Balaban J connectivity index is 2.06. The molecule has 3 rings (SSSR count). The molecular formula is C14H12N4O3. The molecule has 0 aliphatic rings. The number of nitrogens with zero attached hydrogens (tertiary/aromatic N) is 3. The molecule has 21 heavy (non-hydrogen) atoms. The summed E-state index contributed by atoms with van der Waals surface area (Å²) in [5.41, 5.74) is 2.50. The van der Waals surface area contributed by atoms with E-state index in [9.17, 15) is 14.9 Å². The van der Waals surface area contributed by atoms with E-state index in [2.05, 4.69) is 10.1 Å². The molecule has 0 spiro atoms. The normalized spacial score (nSPS) is 11.0. The topological polar surface area (TPSA) is 93.8 Å². The number of aromatic nitrogens is 3. The number of rotatable bonds is 2. The fourth-order valence-corrected chi connectivity index (χ4v) is 2.30. The van der Waals surface area contributed by atoms with Crippen LogP contribution in [0.5, 0.6) is 0 Å². The lowest BCUT2D eigenvalue weighted by molar-refractivity contribution is -0.384. The second-order valence-corrected chi connectivity index (χ2v) is 4.86. The zero-order valence-electron chi connectivity index (χ0n) is 11.5. The Hall–Kier alpha value is -2.96. The number of nitro benzene ring substituents is 1. The van der Waals surface area contributed by atoms with E-state index >= 15 is 0 Å². The highest BCUT2D eigenvalue weighted by Crippen LogP contribution is 2.22. The SMILES string of the molecule is Cc1cc(C)n(C(=O)c2cc3cc([N+](=O)[O-])ccc3[nH]2)n1. The Morgan fingerprint density at radius 1 is 1.29 bits per heavy atom. The Kier molecular flexibility index (Phi) is 2.83. The van der Waals surface area contributed by atoms with Gasteiger partial charge in [-0.25, -0.2) is 0 Å². The van der Waals surface area contributed by atoms with E-state index in [0.717, 1.165) is 11.4 Å². The molecule has 0 bridgehead atoms. The van der Waals surface area contributed by atoms with Gasteiger partial charge in [0.15, 0.2) is 0 Å². The van der Waals surface area contributed by atoms with Crippen LogP contribution in [0.15, 0.2) is 30.3 Å². The number of nitrogens with one attached hydrogen (secondary N) is 1. The van der Waals surface area contributed by atoms with Gasteiger partial charge in [-0.1, -0.05) is 0 Å². The summed E-state index contributed by atoms with van der Waals surface area (Å²) in [6.45, 7) is 3.61. The molecule has 0 amide bonds. The van der Waals surface area contributed by atoms with E-state index in [1.165, 1.54) is 16.8 Å². The largest absolute Gasteiger partial charge is 0.350 e. The van der Waals surface area contributed by atoms with Gasteiger partial charge in [0.25, 0.3) is 11.6 Å². The van der Waals surface area contributed by atoms with Gasteiger partial charge in [-0.2, -0.15) is 9.78 Å². The highest BCUT2D eigenvalue weighted by molar-refractivity contribution is 5.99. The lowest BCUT2D eigenvalue weighted by Crippen LogP contribution is -2.15. The number of H-pyrrole nitrogens is 1. The van der Waals surface area contributed by atoms with Crippen molar-refractivity contribution in [3.63, 3.8) is 0 Å². The molecule has 7 heteroatoms. The lowest BCUT2D eigenvalue weighted by atomic mass is 10.2. The fraction of sp³-hybridized carbons (Fsp3) is 0.143. The first kappa shape index (κ1) is 13.0. The molecule has 0 aliphatic carbocycles. The summed E-state index contributed by atoms with van der Waals surface area (Å²) >= 11 is 0. The van der Waals surface area contributed by atoms with Crippen molar-refractivity contribution in [2.75, 3.05) is 0 Å². The molecular weight excluding hydrogens is 272 g/mol. The number of aromatic amines is 1. The van der Waals surface area contributed by atoms with Crippen molar-refractivity contribution in [1.29, 1.82) is 0 Å². The first-order valence-corrected chi connectivity index (χ1v) is 6.31. The van der Waals surface area contributed by atoms with Gasteiger partial charge in [0, 0.05) is 28.7 Å². The van der Waals surface area contributed by atoms with Crippen LogP contribution >= 0.6 is 0 Å². The minimum Gasteiger partial charge on any atom is -0.350 e. The van der Waals surface area contributed by atoms with Crippen molar-refractivity contribution < 1.29 is 9.72 Å². The molecule has 106 valence electrons. The smallest absolute Gasteiger partial charge is 0.294 e. The van der Waals surface area contributed by atoms with Crippen LogP contribution < -0.4 is 0 Å². The predicted octanol–water partition coefficient (Wildman–Crippen LogP) is 2.58. The van der Waals surface area contributed by atoms with Gasteiger partial charge in [-0.15, -0.1) is 0 Å². The van der Waals surface area contributed by atoms with Crippen molar-refractivity contribution in [2.45, 2.75) is 13.8 Å². The van der Waals surface area contributed by atoms with Crippen LogP contribution in [0, 0.1) is 24.0 Å². The molecule has 0 radical (unpaired) electrons. The third-order valence-electron chi connectivity index (χ3n) is 3.25. The Labute approximate surface area is 119 Å². The Morgan fingerprint density at radius 2 is 2.05 bits per heavy atom. The average molecular weight is 284 g/mol. The fourth-order valence-electron chi connectivity index (χ4n) is 2.30. The van der Waals surface area contributed by atoms with E-state index in [-0.39, 0.29) is 11.6 Å². The minimum absolute atomic E-state index is 0.00777. The maximum atomic E-state index is 12.4. The molecule has 0 aliphatic heterocycles. The molecule has 0 saturated heterocycles. The number of carbonyl (C=O) groups is 1. The van der Waals surface area contributed by atoms with E-state index < -0.39 is 4.92 Å². The van der Waals surface area contributed by atoms with Crippen LogP contribution in [0.4, 0.5) is 5.69 Å². The van der Waals surface area contributed by atoms with E-state index in [4.69, 9.17) is 0 Å². The van der Waals surface area contributed by atoms with E-state index in [0.29, 0.717) is 16.6 Å². The molecule has 2 aromatic heterocycles. The quantitative estimate of drug-likeness (QED) is 0.578. The van der Waals surface area contributed by atoms with Crippen LogP contribution in [0.2, 0.25) is 0 Å². The van der Waals surface area contributed by atoms with Crippen LogP contribution in [0.3, 0.4) is 0 Å². The van der Waals surface area contributed by atoms with Gasteiger partial charge >= 0.3 is 0 Å². The number of non-ortho nitro benzene ring substituents is 1. The number of nitro groups is 1. The summed E-state index contributed by atoms with van der Waals surface area (Å²) in [5.74, 6) is -0.292. The maximum absolute atomic E-state index is 12.4. The molecule has 0 fully saturated rings. The lowest BCUT2D eigenvalue weighted by Gasteiger charge is -1.99. The first-order chi connectivity index (χ1) is 9.95. The van der Waals surface area contributed by atoms with Gasteiger partial charge in [-0.05, 0) is 32.0 Å². The molecule has 0 unspecified atom stereocenters. The minimum atomic E-state index is -0.463. The molecule has 0 saturated carbocycles.